The van der Waals surface area contributed by atoms with Crippen molar-refractivity contribution in [2.75, 3.05) is 6.61 Å². The van der Waals surface area contributed by atoms with Crippen molar-refractivity contribution in [1.82, 2.24) is 0 Å². The number of hydrogen-bond acceptors (Lipinski definition) is 3. The molecule has 0 aromatic rings. The smallest absolute Gasteiger partial charge is 0.320 e. The van der Waals surface area contributed by atoms with Gasteiger partial charge in [-0.2, -0.15) is 0 Å². The number of rotatable bonds is 3. The van der Waals surface area contributed by atoms with Gasteiger partial charge in [0.15, 0.2) is 0 Å². The minimum absolute atomic E-state index is 0.252. The second-order valence-corrected chi connectivity index (χ2v) is 2.89. The highest BCUT2D eigenvalue weighted by atomic mass is 16.6. The number of carboxylic acids is 1. The Kier molecular flexibility index (Phi) is 1.66. The summed E-state index contributed by atoms with van der Waals surface area (Å²) in [5.41, 5.74) is 5.01. The van der Waals surface area contributed by atoms with Gasteiger partial charge in [0, 0.05) is 6.42 Å². The van der Waals surface area contributed by atoms with Gasteiger partial charge in [0.05, 0.1) is 12.2 Å². The van der Waals surface area contributed by atoms with Gasteiger partial charge >= 0.3 is 5.97 Å². The molecule has 1 rings (SSSR count). The summed E-state index contributed by atoms with van der Waals surface area (Å²) in [4.78, 5) is 10.2. The third-order valence-electron chi connectivity index (χ3n) is 1.61. The van der Waals surface area contributed by atoms with Crippen LogP contribution in [0.4, 0.5) is 0 Å². The van der Waals surface area contributed by atoms with E-state index in [2.05, 4.69) is 0 Å². The molecule has 1 saturated heterocycles. The van der Waals surface area contributed by atoms with E-state index in [1.54, 1.807) is 0 Å². The molecule has 0 amide bonds. The SMILES string of the molecule is CC1(CC(N)C(=O)O)CO1. The average Bonchev–Trinajstić information content (AvgIpc) is 2.47. The van der Waals surface area contributed by atoms with Crippen molar-refractivity contribution in [1.29, 1.82) is 0 Å². The maximum absolute atomic E-state index is 10.2. The van der Waals surface area contributed by atoms with Gasteiger partial charge < -0.3 is 15.6 Å². The summed E-state index contributed by atoms with van der Waals surface area (Å²) in [7, 11) is 0. The topological polar surface area (TPSA) is 75.9 Å². The van der Waals surface area contributed by atoms with E-state index in [1.165, 1.54) is 0 Å². The van der Waals surface area contributed by atoms with Gasteiger partial charge in [-0.15, -0.1) is 0 Å². The molecule has 1 aliphatic heterocycles. The third kappa shape index (κ3) is 1.68. The molecule has 10 heavy (non-hydrogen) atoms. The predicted octanol–water partition coefficient (Wildman–Crippen LogP) is -0.423. The summed E-state index contributed by atoms with van der Waals surface area (Å²) in [6.45, 7) is 2.49. The van der Waals surface area contributed by atoms with E-state index in [9.17, 15) is 4.79 Å². The van der Waals surface area contributed by atoms with Crippen LogP contribution in [-0.4, -0.2) is 29.3 Å². The van der Waals surface area contributed by atoms with Crippen LogP contribution in [0.25, 0.3) is 0 Å². The Labute approximate surface area is 59.0 Å². The van der Waals surface area contributed by atoms with E-state index >= 15 is 0 Å². The molecule has 0 spiro atoms. The van der Waals surface area contributed by atoms with Crippen LogP contribution < -0.4 is 5.73 Å². The van der Waals surface area contributed by atoms with E-state index in [0.29, 0.717) is 13.0 Å². The predicted molar refractivity (Wildman–Crippen MR) is 34.6 cm³/mol. The average molecular weight is 145 g/mol. The van der Waals surface area contributed by atoms with Crippen LogP contribution in [-0.2, 0) is 9.53 Å². The Morgan fingerprint density at radius 1 is 2.00 bits per heavy atom. The molecule has 2 atom stereocenters. The lowest BCUT2D eigenvalue weighted by molar-refractivity contribution is -0.139. The maximum atomic E-state index is 10.2. The third-order valence-corrected chi connectivity index (χ3v) is 1.61. The Morgan fingerprint density at radius 2 is 2.50 bits per heavy atom. The first kappa shape index (κ1) is 7.50. The molecule has 3 N–H and O–H groups in total. The molecule has 0 aromatic heterocycles. The van der Waals surface area contributed by atoms with Crippen LogP contribution in [0.15, 0.2) is 0 Å². The fourth-order valence-corrected chi connectivity index (χ4v) is 0.794. The van der Waals surface area contributed by atoms with Crippen molar-refractivity contribution in [3.8, 4) is 0 Å². The minimum atomic E-state index is -0.961. The van der Waals surface area contributed by atoms with Gasteiger partial charge in [-0.05, 0) is 6.92 Å². The van der Waals surface area contributed by atoms with Crippen molar-refractivity contribution in [2.24, 2.45) is 5.73 Å². The van der Waals surface area contributed by atoms with Crippen molar-refractivity contribution in [3.63, 3.8) is 0 Å². The normalized spacial score (nSPS) is 33.4. The van der Waals surface area contributed by atoms with Gasteiger partial charge in [-0.3, -0.25) is 4.79 Å². The van der Waals surface area contributed by atoms with Gasteiger partial charge in [0.1, 0.15) is 6.04 Å². The first-order valence-electron chi connectivity index (χ1n) is 3.16. The lowest BCUT2D eigenvalue weighted by Crippen LogP contribution is -2.34. The summed E-state index contributed by atoms with van der Waals surface area (Å²) in [5, 5.41) is 8.39. The molecule has 0 radical (unpaired) electrons. The number of ether oxygens (including phenoxy) is 1. The molecular formula is C6H11NO3. The zero-order valence-electron chi connectivity index (χ0n) is 5.83. The molecule has 0 aromatic carbocycles. The fraction of sp³-hybridized carbons (Fsp3) is 0.833. The number of epoxide rings is 1. The van der Waals surface area contributed by atoms with Gasteiger partial charge in [-0.25, -0.2) is 0 Å². The second kappa shape index (κ2) is 2.21. The quantitative estimate of drug-likeness (QED) is 0.529. The van der Waals surface area contributed by atoms with E-state index in [4.69, 9.17) is 15.6 Å². The highest BCUT2D eigenvalue weighted by Gasteiger charge is 2.41. The summed E-state index contributed by atoms with van der Waals surface area (Å²) < 4.78 is 4.97. The lowest BCUT2D eigenvalue weighted by Gasteiger charge is -2.07. The number of carboxylic acid groups (broad SMARTS) is 1. The Morgan fingerprint density at radius 3 is 2.80 bits per heavy atom. The summed E-state index contributed by atoms with van der Waals surface area (Å²) >= 11 is 0. The number of aliphatic carboxylic acids is 1. The summed E-state index contributed by atoms with van der Waals surface area (Å²) in [6, 6.07) is -0.785. The maximum Gasteiger partial charge on any atom is 0.320 e. The molecule has 4 heteroatoms. The zero-order chi connectivity index (χ0) is 7.78. The Bertz CT molecular complexity index is 153. The van der Waals surface area contributed by atoms with Gasteiger partial charge in [-0.1, -0.05) is 0 Å². The lowest BCUT2D eigenvalue weighted by atomic mass is 10.0. The molecule has 1 aliphatic rings. The second-order valence-electron chi connectivity index (χ2n) is 2.89. The summed E-state index contributed by atoms with van der Waals surface area (Å²) in [5.74, 6) is -0.961. The van der Waals surface area contributed by atoms with E-state index in [0.717, 1.165) is 0 Å². The van der Waals surface area contributed by atoms with Crippen molar-refractivity contribution in [3.05, 3.63) is 0 Å². The van der Waals surface area contributed by atoms with Crippen molar-refractivity contribution >= 4 is 5.97 Å². The monoisotopic (exact) mass is 145 g/mol. The molecular weight excluding hydrogens is 134 g/mol. The number of nitrogens with two attached hydrogens (primary N) is 1. The molecule has 0 aliphatic carbocycles. The standard InChI is InChI=1S/C6H11NO3/c1-6(3-10-6)2-4(7)5(8)9/h4H,2-3,7H2,1H3,(H,8,9). The largest absolute Gasteiger partial charge is 0.480 e. The Balaban J connectivity index is 2.31. The number of hydrogen-bond donors (Lipinski definition) is 2. The first-order chi connectivity index (χ1) is 4.53. The fourth-order valence-electron chi connectivity index (χ4n) is 0.794. The molecule has 58 valence electrons. The molecule has 4 nitrogen and oxygen atoms in total. The summed E-state index contributed by atoms with van der Waals surface area (Å²) in [6.07, 6.45) is 0.405. The first-order valence-corrected chi connectivity index (χ1v) is 3.16. The van der Waals surface area contributed by atoms with Crippen LogP contribution >= 0.6 is 0 Å². The van der Waals surface area contributed by atoms with E-state index in [-0.39, 0.29) is 5.60 Å². The van der Waals surface area contributed by atoms with Crippen LogP contribution in [0, 0.1) is 0 Å². The Hall–Kier alpha value is -0.610. The van der Waals surface area contributed by atoms with Crippen molar-refractivity contribution in [2.45, 2.75) is 25.0 Å². The molecule has 0 bridgehead atoms. The van der Waals surface area contributed by atoms with Crippen LogP contribution in [0.3, 0.4) is 0 Å². The molecule has 2 unspecified atom stereocenters. The van der Waals surface area contributed by atoms with E-state index in [1.807, 2.05) is 6.92 Å². The van der Waals surface area contributed by atoms with Gasteiger partial charge in [0.2, 0.25) is 0 Å². The number of carbonyl (C=O) groups is 1. The molecule has 1 fully saturated rings. The highest BCUT2D eigenvalue weighted by molar-refractivity contribution is 5.73. The van der Waals surface area contributed by atoms with Crippen LogP contribution in [0.5, 0.6) is 0 Å². The molecule has 0 saturated carbocycles. The highest BCUT2D eigenvalue weighted by Crippen LogP contribution is 2.30. The van der Waals surface area contributed by atoms with E-state index < -0.39 is 12.0 Å². The minimum Gasteiger partial charge on any atom is -0.480 e. The van der Waals surface area contributed by atoms with Crippen LogP contribution in [0.1, 0.15) is 13.3 Å². The van der Waals surface area contributed by atoms with Crippen molar-refractivity contribution < 1.29 is 14.6 Å². The van der Waals surface area contributed by atoms with Gasteiger partial charge in [0.25, 0.3) is 0 Å². The zero-order valence-corrected chi connectivity index (χ0v) is 5.83. The van der Waals surface area contributed by atoms with Crippen LogP contribution in [0.2, 0.25) is 0 Å². The molecule has 1 heterocycles.